The maximum Gasteiger partial charge on any atom is 0.266 e. The van der Waals surface area contributed by atoms with Gasteiger partial charge >= 0.3 is 0 Å². The van der Waals surface area contributed by atoms with Gasteiger partial charge in [0.15, 0.2) is 0 Å². The molecular weight excluding hydrogens is 250 g/mol. The minimum absolute atomic E-state index is 0.0381. The van der Waals surface area contributed by atoms with Crippen molar-refractivity contribution < 1.29 is 4.79 Å². The van der Waals surface area contributed by atoms with Gasteiger partial charge in [0.1, 0.15) is 0 Å². The fourth-order valence-electron chi connectivity index (χ4n) is 1.49. The Labute approximate surface area is 110 Å². The first-order valence-electron chi connectivity index (χ1n) is 5.32. The molecule has 18 heavy (non-hydrogen) atoms. The van der Waals surface area contributed by atoms with E-state index >= 15 is 0 Å². The molecule has 2 rings (SSSR count). The number of benzene rings is 1. The molecule has 0 aliphatic rings. The molecule has 92 valence electrons. The standard InChI is InChI=1S/C13H12ClN3O/c1-9(14)13(18)15-11-5-3-10(4-6-11)12-7-8-17(2)16-12/h3-8H,1H2,2H3,(H,15,18). The van der Waals surface area contributed by atoms with Crippen LogP contribution < -0.4 is 5.32 Å². The highest BCUT2D eigenvalue weighted by molar-refractivity contribution is 6.43. The highest BCUT2D eigenvalue weighted by Crippen LogP contribution is 2.19. The number of halogens is 1. The van der Waals surface area contributed by atoms with Crippen LogP contribution in [0.25, 0.3) is 11.3 Å². The van der Waals surface area contributed by atoms with E-state index in [1.807, 2.05) is 31.4 Å². The lowest BCUT2D eigenvalue weighted by molar-refractivity contribution is -0.112. The van der Waals surface area contributed by atoms with Crippen LogP contribution in [0.5, 0.6) is 0 Å². The van der Waals surface area contributed by atoms with Crippen LogP contribution in [0, 0.1) is 0 Å². The predicted molar refractivity (Wildman–Crippen MR) is 72.3 cm³/mol. The molecule has 0 saturated heterocycles. The molecule has 1 heterocycles. The van der Waals surface area contributed by atoms with Crippen molar-refractivity contribution in [3.63, 3.8) is 0 Å². The summed E-state index contributed by atoms with van der Waals surface area (Å²) < 4.78 is 1.74. The summed E-state index contributed by atoms with van der Waals surface area (Å²) in [5.74, 6) is -0.401. The van der Waals surface area contributed by atoms with Gasteiger partial charge in [0.2, 0.25) is 0 Å². The van der Waals surface area contributed by atoms with E-state index in [2.05, 4.69) is 17.0 Å². The molecular formula is C13H12ClN3O. The molecule has 2 aromatic rings. The van der Waals surface area contributed by atoms with Crippen LogP contribution in [0.3, 0.4) is 0 Å². The lowest BCUT2D eigenvalue weighted by Gasteiger charge is -2.04. The lowest BCUT2D eigenvalue weighted by atomic mass is 10.1. The van der Waals surface area contributed by atoms with Crippen molar-refractivity contribution in [2.75, 3.05) is 5.32 Å². The van der Waals surface area contributed by atoms with Gasteiger partial charge in [-0.15, -0.1) is 0 Å². The molecule has 0 fully saturated rings. The molecule has 0 atom stereocenters. The summed E-state index contributed by atoms with van der Waals surface area (Å²) in [6, 6.07) is 9.28. The van der Waals surface area contributed by atoms with Crippen LogP contribution in [0.2, 0.25) is 0 Å². The molecule has 0 aliphatic carbocycles. The van der Waals surface area contributed by atoms with E-state index in [1.54, 1.807) is 16.8 Å². The van der Waals surface area contributed by atoms with Gasteiger partial charge in [-0.05, 0) is 18.2 Å². The van der Waals surface area contributed by atoms with Crippen LogP contribution in [-0.2, 0) is 11.8 Å². The molecule has 0 aliphatic heterocycles. The Morgan fingerprint density at radius 2 is 2.00 bits per heavy atom. The van der Waals surface area contributed by atoms with Crippen molar-refractivity contribution in [1.82, 2.24) is 9.78 Å². The maximum absolute atomic E-state index is 11.3. The molecule has 0 unspecified atom stereocenters. The van der Waals surface area contributed by atoms with E-state index in [-0.39, 0.29) is 5.03 Å². The SMILES string of the molecule is C=C(Cl)C(=O)Nc1ccc(-c2ccn(C)n2)cc1. The Morgan fingerprint density at radius 1 is 1.33 bits per heavy atom. The minimum Gasteiger partial charge on any atom is -0.321 e. The smallest absolute Gasteiger partial charge is 0.266 e. The zero-order valence-corrected chi connectivity index (χ0v) is 10.6. The zero-order valence-electron chi connectivity index (χ0n) is 9.85. The summed E-state index contributed by atoms with van der Waals surface area (Å²) in [4.78, 5) is 11.3. The second-order valence-corrected chi connectivity index (χ2v) is 4.27. The number of nitrogens with zero attached hydrogens (tertiary/aromatic N) is 2. The first-order chi connectivity index (χ1) is 8.56. The molecule has 1 N–H and O–H groups in total. The number of hydrogen-bond donors (Lipinski definition) is 1. The average molecular weight is 262 g/mol. The molecule has 0 spiro atoms. The number of aromatic nitrogens is 2. The number of anilines is 1. The van der Waals surface area contributed by atoms with Gasteiger partial charge in [-0.1, -0.05) is 30.3 Å². The number of aryl methyl sites for hydroxylation is 1. The second-order valence-electron chi connectivity index (χ2n) is 3.81. The van der Waals surface area contributed by atoms with Gasteiger partial charge in [0, 0.05) is 24.5 Å². The quantitative estimate of drug-likeness (QED) is 0.864. The summed E-state index contributed by atoms with van der Waals surface area (Å²) in [6.45, 7) is 3.36. The largest absolute Gasteiger partial charge is 0.321 e. The Balaban J connectivity index is 2.15. The highest BCUT2D eigenvalue weighted by Gasteiger charge is 2.05. The van der Waals surface area contributed by atoms with Crippen molar-refractivity contribution >= 4 is 23.2 Å². The minimum atomic E-state index is -0.401. The van der Waals surface area contributed by atoms with Crippen LogP contribution >= 0.6 is 11.6 Å². The van der Waals surface area contributed by atoms with Crippen molar-refractivity contribution in [3.05, 3.63) is 48.1 Å². The summed E-state index contributed by atoms with van der Waals surface area (Å²) in [7, 11) is 1.87. The Hall–Kier alpha value is -2.07. The predicted octanol–water partition coefficient (Wildman–Crippen LogP) is 2.78. The van der Waals surface area contributed by atoms with Crippen LogP contribution in [0.4, 0.5) is 5.69 Å². The van der Waals surface area contributed by atoms with E-state index in [9.17, 15) is 4.79 Å². The van der Waals surface area contributed by atoms with Crippen molar-refractivity contribution in [2.45, 2.75) is 0 Å². The van der Waals surface area contributed by atoms with Gasteiger partial charge in [-0.2, -0.15) is 5.10 Å². The molecule has 4 nitrogen and oxygen atoms in total. The van der Waals surface area contributed by atoms with Gasteiger partial charge in [0.25, 0.3) is 5.91 Å². The Kier molecular flexibility index (Phi) is 3.48. The first-order valence-corrected chi connectivity index (χ1v) is 5.70. The first kappa shape index (κ1) is 12.4. The number of carbonyl (C=O) groups is 1. The molecule has 0 bridgehead atoms. The Morgan fingerprint density at radius 3 is 2.50 bits per heavy atom. The van der Waals surface area contributed by atoms with E-state index in [4.69, 9.17) is 11.6 Å². The number of carbonyl (C=O) groups excluding carboxylic acids is 1. The van der Waals surface area contributed by atoms with Gasteiger partial charge in [0.05, 0.1) is 10.7 Å². The number of rotatable bonds is 3. The van der Waals surface area contributed by atoms with Crippen molar-refractivity contribution in [1.29, 1.82) is 0 Å². The summed E-state index contributed by atoms with van der Waals surface area (Å²) in [5, 5.41) is 6.88. The van der Waals surface area contributed by atoms with Crippen LogP contribution in [-0.4, -0.2) is 15.7 Å². The molecule has 0 saturated carbocycles. The van der Waals surface area contributed by atoms with Gasteiger partial charge in [-0.25, -0.2) is 0 Å². The molecule has 0 radical (unpaired) electrons. The third-order valence-electron chi connectivity index (χ3n) is 2.40. The lowest BCUT2D eigenvalue weighted by Crippen LogP contribution is -2.10. The third kappa shape index (κ3) is 2.78. The normalized spacial score (nSPS) is 10.1. The zero-order chi connectivity index (χ0) is 13.1. The molecule has 1 amide bonds. The molecule has 1 aromatic carbocycles. The van der Waals surface area contributed by atoms with Crippen LogP contribution in [0.15, 0.2) is 48.1 Å². The summed E-state index contributed by atoms with van der Waals surface area (Å²) >= 11 is 5.49. The van der Waals surface area contributed by atoms with E-state index in [0.29, 0.717) is 5.69 Å². The third-order valence-corrected chi connectivity index (χ3v) is 2.57. The van der Waals surface area contributed by atoms with Crippen molar-refractivity contribution in [2.24, 2.45) is 7.05 Å². The average Bonchev–Trinajstić information content (AvgIpc) is 2.76. The fraction of sp³-hybridized carbons (Fsp3) is 0.0769. The number of amides is 1. The van der Waals surface area contributed by atoms with E-state index in [0.717, 1.165) is 11.3 Å². The summed E-state index contributed by atoms with van der Waals surface area (Å²) in [5.41, 5.74) is 2.54. The van der Waals surface area contributed by atoms with E-state index < -0.39 is 5.91 Å². The Bertz CT molecular complexity index is 587. The second kappa shape index (κ2) is 5.06. The van der Waals surface area contributed by atoms with Gasteiger partial charge < -0.3 is 5.32 Å². The topological polar surface area (TPSA) is 46.9 Å². The van der Waals surface area contributed by atoms with Crippen LogP contribution in [0.1, 0.15) is 0 Å². The number of nitrogens with one attached hydrogen (secondary N) is 1. The van der Waals surface area contributed by atoms with Gasteiger partial charge in [-0.3, -0.25) is 9.48 Å². The molecule has 5 heteroatoms. The highest BCUT2D eigenvalue weighted by atomic mass is 35.5. The monoisotopic (exact) mass is 261 g/mol. The molecule has 1 aromatic heterocycles. The summed E-state index contributed by atoms with van der Waals surface area (Å²) in [6.07, 6.45) is 1.88. The van der Waals surface area contributed by atoms with E-state index in [1.165, 1.54) is 0 Å². The van der Waals surface area contributed by atoms with Crippen molar-refractivity contribution in [3.8, 4) is 11.3 Å². The fourth-order valence-corrected chi connectivity index (χ4v) is 1.54. The maximum atomic E-state index is 11.3. The number of hydrogen-bond acceptors (Lipinski definition) is 2.